The molecule has 0 aromatic heterocycles. The molecule has 0 bridgehead atoms. The maximum absolute atomic E-state index is 11.7. The van der Waals surface area contributed by atoms with Gasteiger partial charge in [0.1, 0.15) is 12.4 Å². The summed E-state index contributed by atoms with van der Waals surface area (Å²) in [6.07, 6.45) is 0.910. The Balaban J connectivity index is 2.24. The summed E-state index contributed by atoms with van der Waals surface area (Å²) in [7, 11) is 1.64. The zero-order chi connectivity index (χ0) is 16.8. The van der Waals surface area contributed by atoms with Crippen molar-refractivity contribution in [2.45, 2.75) is 38.7 Å². The molecule has 2 aromatic rings. The number of amides is 1. The SMILES string of the molecule is CCc1cccc(SC(=O)NC)c1COc1ccc(C)cc1C. The summed E-state index contributed by atoms with van der Waals surface area (Å²) in [4.78, 5) is 12.7. The molecular weight excluding hydrogens is 306 g/mol. The highest BCUT2D eigenvalue weighted by Crippen LogP contribution is 2.28. The average molecular weight is 329 g/mol. The minimum absolute atomic E-state index is 0.0639. The van der Waals surface area contributed by atoms with Gasteiger partial charge in [-0.25, -0.2) is 0 Å². The van der Waals surface area contributed by atoms with Gasteiger partial charge >= 0.3 is 0 Å². The predicted octanol–water partition coefficient (Wildman–Crippen LogP) is 4.88. The van der Waals surface area contributed by atoms with Crippen molar-refractivity contribution >= 4 is 17.0 Å². The number of rotatable bonds is 5. The summed E-state index contributed by atoms with van der Waals surface area (Å²) >= 11 is 1.21. The van der Waals surface area contributed by atoms with Crippen molar-refractivity contribution in [3.8, 4) is 5.75 Å². The number of ether oxygens (including phenoxy) is 1. The minimum Gasteiger partial charge on any atom is -0.489 e. The van der Waals surface area contributed by atoms with Crippen molar-refractivity contribution in [3.05, 3.63) is 58.7 Å². The van der Waals surface area contributed by atoms with Crippen LogP contribution in [0.5, 0.6) is 5.75 Å². The number of hydrogen-bond acceptors (Lipinski definition) is 3. The third-order valence-corrected chi connectivity index (χ3v) is 4.71. The van der Waals surface area contributed by atoms with E-state index in [2.05, 4.69) is 31.3 Å². The molecule has 0 saturated heterocycles. The number of thioether (sulfide) groups is 1. The van der Waals surface area contributed by atoms with Gasteiger partial charge in [-0.1, -0.05) is 36.8 Å². The molecule has 0 atom stereocenters. The molecule has 122 valence electrons. The molecule has 2 aromatic carbocycles. The van der Waals surface area contributed by atoms with Crippen molar-refractivity contribution in [3.63, 3.8) is 0 Å². The van der Waals surface area contributed by atoms with Crippen LogP contribution < -0.4 is 10.1 Å². The molecule has 0 heterocycles. The van der Waals surface area contributed by atoms with Crippen LogP contribution in [0, 0.1) is 13.8 Å². The monoisotopic (exact) mass is 329 g/mol. The number of carbonyl (C=O) groups is 1. The van der Waals surface area contributed by atoms with Crippen LogP contribution in [-0.2, 0) is 13.0 Å². The molecule has 0 spiro atoms. The van der Waals surface area contributed by atoms with Gasteiger partial charge in [-0.3, -0.25) is 4.79 Å². The van der Waals surface area contributed by atoms with E-state index < -0.39 is 0 Å². The first-order valence-corrected chi connectivity index (χ1v) is 8.57. The Hall–Kier alpha value is -1.94. The van der Waals surface area contributed by atoms with Crippen LogP contribution in [0.25, 0.3) is 0 Å². The molecule has 4 heteroatoms. The average Bonchev–Trinajstić information content (AvgIpc) is 2.54. The van der Waals surface area contributed by atoms with Crippen molar-refractivity contribution in [1.82, 2.24) is 5.32 Å². The molecule has 0 aliphatic carbocycles. The molecule has 1 N–H and O–H groups in total. The quantitative estimate of drug-likeness (QED) is 0.795. The van der Waals surface area contributed by atoms with E-state index in [0.29, 0.717) is 6.61 Å². The number of nitrogens with one attached hydrogen (secondary N) is 1. The molecule has 0 fully saturated rings. The summed E-state index contributed by atoms with van der Waals surface area (Å²) in [5.41, 5.74) is 4.64. The van der Waals surface area contributed by atoms with Crippen LogP contribution in [0.15, 0.2) is 41.3 Å². The van der Waals surface area contributed by atoms with Crippen molar-refractivity contribution in [2.75, 3.05) is 7.05 Å². The Morgan fingerprint density at radius 1 is 1.22 bits per heavy atom. The fourth-order valence-corrected chi connectivity index (χ4v) is 3.23. The van der Waals surface area contributed by atoms with Gasteiger partial charge in [-0.05, 0) is 55.3 Å². The molecule has 0 unspecified atom stereocenters. The number of aryl methyl sites for hydroxylation is 3. The predicted molar refractivity (Wildman–Crippen MR) is 96.4 cm³/mol. The zero-order valence-electron chi connectivity index (χ0n) is 14.1. The highest BCUT2D eigenvalue weighted by Gasteiger charge is 2.12. The topological polar surface area (TPSA) is 38.3 Å². The summed E-state index contributed by atoms with van der Waals surface area (Å²) in [5.74, 6) is 0.886. The standard InChI is InChI=1S/C19H23NO2S/c1-5-15-7-6-8-18(23-19(21)20-4)16(15)12-22-17-10-9-13(2)11-14(17)3/h6-11H,5,12H2,1-4H3,(H,20,21). The third-order valence-electron chi connectivity index (χ3n) is 3.72. The highest BCUT2D eigenvalue weighted by molar-refractivity contribution is 8.13. The van der Waals surface area contributed by atoms with Gasteiger partial charge in [0, 0.05) is 17.5 Å². The number of benzene rings is 2. The van der Waals surface area contributed by atoms with Gasteiger partial charge in [0.15, 0.2) is 0 Å². The molecule has 0 radical (unpaired) electrons. The Bertz CT molecular complexity index is 698. The Morgan fingerprint density at radius 2 is 2.00 bits per heavy atom. The van der Waals surface area contributed by atoms with Crippen LogP contribution >= 0.6 is 11.8 Å². The van der Waals surface area contributed by atoms with Crippen LogP contribution in [0.1, 0.15) is 29.2 Å². The normalized spacial score (nSPS) is 10.4. The van der Waals surface area contributed by atoms with Gasteiger partial charge in [-0.15, -0.1) is 0 Å². The van der Waals surface area contributed by atoms with Crippen molar-refractivity contribution < 1.29 is 9.53 Å². The first-order valence-electron chi connectivity index (χ1n) is 7.75. The first-order chi connectivity index (χ1) is 11.0. The van der Waals surface area contributed by atoms with E-state index in [4.69, 9.17) is 4.74 Å². The Kier molecular flexibility index (Phi) is 6.11. The third kappa shape index (κ3) is 4.52. The maximum atomic E-state index is 11.7. The molecule has 23 heavy (non-hydrogen) atoms. The van der Waals surface area contributed by atoms with Crippen molar-refractivity contribution in [2.24, 2.45) is 0 Å². The second kappa shape index (κ2) is 8.06. The fraction of sp³-hybridized carbons (Fsp3) is 0.316. The van der Waals surface area contributed by atoms with Gasteiger partial charge in [0.2, 0.25) is 0 Å². The van der Waals surface area contributed by atoms with E-state index in [1.165, 1.54) is 22.9 Å². The Labute approximate surface area is 142 Å². The van der Waals surface area contributed by atoms with E-state index in [9.17, 15) is 4.79 Å². The zero-order valence-corrected chi connectivity index (χ0v) is 14.9. The first kappa shape index (κ1) is 17.4. The lowest BCUT2D eigenvalue weighted by atomic mass is 10.1. The number of hydrogen-bond donors (Lipinski definition) is 1. The fourth-order valence-electron chi connectivity index (χ4n) is 2.46. The Morgan fingerprint density at radius 3 is 2.65 bits per heavy atom. The minimum atomic E-state index is -0.0639. The largest absolute Gasteiger partial charge is 0.489 e. The lowest BCUT2D eigenvalue weighted by molar-refractivity contribution is 0.262. The highest BCUT2D eigenvalue weighted by atomic mass is 32.2. The summed E-state index contributed by atoms with van der Waals surface area (Å²) in [5, 5.41) is 2.59. The second-order valence-electron chi connectivity index (χ2n) is 5.44. The van der Waals surface area contributed by atoms with Crippen molar-refractivity contribution in [1.29, 1.82) is 0 Å². The van der Waals surface area contributed by atoms with E-state index in [1.807, 2.05) is 31.2 Å². The molecule has 0 saturated carbocycles. The van der Waals surface area contributed by atoms with Crippen LogP contribution in [-0.4, -0.2) is 12.3 Å². The van der Waals surface area contributed by atoms with Gasteiger partial charge in [0.05, 0.1) is 0 Å². The van der Waals surface area contributed by atoms with Gasteiger partial charge in [0.25, 0.3) is 5.24 Å². The summed E-state index contributed by atoms with van der Waals surface area (Å²) < 4.78 is 6.03. The summed E-state index contributed by atoms with van der Waals surface area (Å²) in [6, 6.07) is 12.2. The lowest BCUT2D eigenvalue weighted by Gasteiger charge is -2.15. The van der Waals surface area contributed by atoms with Gasteiger partial charge < -0.3 is 10.1 Å². The molecular formula is C19H23NO2S. The molecule has 1 amide bonds. The molecule has 3 nitrogen and oxygen atoms in total. The van der Waals surface area contributed by atoms with Gasteiger partial charge in [-0.2, -0.15) is 0 Å². The van der Waals surface area contributed by atoms with E-state index in [1.54, 1.807) is 7.05 Å². The molecule has 0 aliphatic heterocycles. The van der Waals surface area contributed by atoms with E-state index >= 15 is 0 Å². The molecule has 2 rings (SSSR count). The summed E-state index contributed by atoms with van der Waals surface area (Å²) in [6.45, 7) is 6.70. The van der Waals surface area contributed by atoms with Crippen LogP contribution in [0.3, 0.4) is 0 Å². The van der Waals surface area contributed by atoms with E-state index in [0.717, 1.165) is 28.2 Å². The van der Waals surface area contributed by atoms with E-state index in [-0.39, 0.29) is 5.24 Å². The number of carbonyl (C=O) groups excluding carboxylic acids is 1. The second-order valence-corrected chi connectivity index (χ2v) is 6.46. The van der Waals surface area contributed by atoms with Crippen LogP contribution in [0.2, 0.25) is 0 Å². The molecule has 0 aliphatic rings. The lowest BCUT2D eigenvalue weighted by Crippen LogP contribution is -2.12. The van der Waals surface area contributed by atoms with Crippen LogP contribution in [0.4, 0.5) is 4.79 Å². The smallest absolute Gasteiger partial charge is 0.283 e. The maximum Gasteiger partial charge on any atom is 0.283 e.